The summed E-state index contributed by atoms with van der Waals surface area (Å²) in [6.07, 6.45) is 0. The van der Waals surface area contributed by atoms with Gasteiger partial charge in [-0.3, -0.25) is 10.1 Å². The fourth-order valence-electron chi connectivity index (χ4n) is 3.09. The normalized spacial score (nSPS) is 22.4. The van der Waals surface area contributed by atoms with Gasteiger partial charge in [-0.25, -0.2) is 4.79 Å². The zero-order valence-corrected chi connectivity index (χ0v) is 11.8. The molecule has 5 heteroatoms. The number of carbonyl (C=O) groups excluding carboxylic acids is 2. The molecule has 0 saturated carbocycles. The van der Waals surface area contributed by atoms with Crippen LogP contribution in [0.1, 0.15) is 11.1 Å². The van der Waals surface area contributed by atoms with E-state index in [1.807, 2.05) is 42.5 Å². The van der Waals surface area contributed by atoms with Crippen LogP contribution < -0.4 is 10.6 Å². The maximum atomic E-state index is 12.4. The second-order valence-corrected chi connectivity index (χ2v) is 5.81. The van der Waals surface area contributed by atoms with E-state index in [1.165, 1.54) is 0 Å². The molecule has 2 aliphatic rings. The molecule has 1 aliphatic heterocycles. The largest absolute Gasteiger partial charge is 0.322 e. The first-order valence-electron chi connectivity index (χ1n) is 6.16. The van der Waals surface area contributed by atoms with Crippen molar-refractivity contribution in [3.05, 3.63) is 58.1 Å². The molecule has 0 bridgehead atoms. The molecule has 2 aromatic rings. The van der Waals surface area contributed by atoms with Crippen LogP contribution in [0.5, 0.6) is 0 Å². The first-order chi connectivity index (χ1) is 9.63. The lowest BCUT2D eigenvalue weighted by molar-refractivity contribution is -0.122. The van der Waals surface area contributed by atoms with Crippen molar-refractivity contribution in [1.29, 1.82) is 0 Å². The predicted molar refractivity (Wildman–Crippen MR) is 77.0 cm³/mol. The molecular formula is C15H9BrN2O2. The van der Waals surface area contributed by atoms with Gasteiger partial charge >= 0.3 is 6.03 Å². The van der Waals surface area contributed by atoms with Crippen LogP contribution in [0.25, 0.3) is 11.1 Å². The van der Waals surface area contributed by atoms with Gasteiger partial charge in [-0.05, 0) is 28.8 Å². The van der Waals surface area contributed by atoms with Crippen LogP contribution >= 0.6 is 15.9 Å². The Bertz CT molecular complexity index is 787. The number of halogens is 1. The predicted octanol–water partition coefficient (Wildman–Crippen LogP) is 2.51. The lowest BCUT2D eigenvalue weighted by Crippen LogP contribution is -2.43. The molecule has 1 heterocycles. The van der Waals surface area contributed by atoms with Crippen LogP contribution in [0, 0.1) is 0 Å². The monoisotopic (exact) mass is 328 g/mol. The van der Waals surface area contributed by atoms with Crippen molar-refractivity contribution in [2.75, 3.05) is 0 Å². The molecule has 20 heavy (non-hydrogen) atoms. The number of rotatable bonds is 0. The Kier molecular flexibility index (Phi) is 2.16. The van der Waals surface area contributed by atoms with E-state index in [0.717, 1.165) is 26.7 Å². The van der Waals surface area contributed by atoms with Crippen molar-refractivity contribution in [2.24, 2.45) is 0 Å². The highest BCUT2D eigenvalue weighted by atomic mass is 79.9. The van der Waals surface area contributed by atoms with Crippen LogP contribution in [0.4, 0.5) is 4.79 Å². The molecule has 4 rings (SSSR count). The van der Waals surface area contributed by atoms with Crippen molar-refractivity contribution in [3.63, 3.8) is 0 Å². The fourth-order valence-corrected chi connectivity index (χ4v) is 3.45. The summed E-state index contributed by atoms with van der Waals surface area (Å²) in [5, 5.41) is 5.14. The lowest BCUT2D eigenvalue weighted by Gasteiger charge is -2.23. The molecule has 4 nitrogen and oxygen atoms in total. The minimum Gasteiger partial charge on any atom is -0.316 e. The average Bonchev–Trinajstić information content (AvgIpc) is 2.88. The number of fused-ring (bicyclic) bond motifs is 5. The topological polar surface area (TPSA) is 58.2 Å². The van der Waals surface area contributed by atoms with Crippen molar-refractivity contribution in [1.82, 2.24) is 10.6 Å². The number of urea groups is 1. The molecule has 1 aliphatic carbocycles. The minimum atomic E-state index is -1.10. The zero-order chi connectivity index (χ0) is 13.9. The van der Waals surface area contributed by atoms with E-state index < -0.39 is 11.6 Å². The summed E-state index contributed by atoms with van der Waals surface area (Å²) in [5.74, 6) is -0.327. The standard InChI is InChI=1S/C15H9BrN2O2/c16-8-5-6-10-9-3-1-2-4-11(9)15(12(10)7-8)13(19)17-14(20)18-15/h1-7H,(H2,17,18,19,20)/t15-/m0/s1. The Morgan fingerprint density at radius 3 is 2.45 bits per heavy atom. The molecule has 0 radical (unpaired) electrons. The molecule has 98 valence electrons. The summed E-state index contributed by atoms with van der Waals surface area (Å²) < 4.78 is 0.873. The molecule has 1 saturated heterocycles. The van der Waals surface area contributed by atoms with Gasteiger partial charge in [-0.2, -0.15) is 0 Å². The number of imide groups is 1. The lowest BCUT2D eigenvalue weighted by atomic mass is 9.88. The first kappa shape index (κ1) is 11.7. The van der Waals surface area contributed by atoms with E-state index in [0.29, 0.717) is 0 Å². The minimum absolute atomic E-state index is 0.327. The van der Waals surface area contributed by atoms with Crippen molar-refractivity contribution < 1.29 is 9.59 Å². The third-order valence-corrected chi connectivity index (χ3v) is 4.37. The van der Waals surface area contributed by atoms with Crippen molar-refractivity contribution in [3.8, 4) is 11.1 Å². The molecule has 1 spiro atoms. The summed E-state index contributed by atoms with van der Waals surface area (Å²) in [5.41, 5.74) is 2.47. The fraction of sp³-hybridized carbons (Fsp3) is 0.0667. The van der Waals surface area contributed by atoms with Gasteiger partial charge in [0.1, 0.15) is 0 Å². The highest BCUT2D eigenvalue weighted by Gasteiger charge is 2.54. The number of nitrogens with one attached hydrogen (secondary N) is 2. The van der Waals surface area contributed by atoms with Gasteiger partial charge in [0.05, 0.1) is 0 Å². The first-order valence-corrected chi connectivity index (χ1v) is 6.96. The Morgan fingerprint density at radius 2 is 1.70 bits per heavy atom. The highest BCUT2D eigenvalue weighted by molar-refractivity contribution is 9.10. The van der Waals surface area contributed by atoms with E-state index >= 15 is 0 Å². The van der Waals surface area contributed by atoms with Crippen molar-refractivity contribution >= 4 is 27.9 Å². The van der Waals surface area contributed by atoms with E-state index in [4.69, 9.17) is 0 Å². The Balaban J connectivity index is 2.12. The van der Waals surface area contributed by atoms with E-state index in [9.17, 15) is 9.59 Å². The van der Waals surface area contributed by atoms with Crippen molar-refractivity contribution in [2.45, 2.75) is 5.54 Å². The van der Waals surface area contributed by atoms with E-state index in [2.05, 4.69) is 26.6 Å². The molecule has 3 amide bonds. The average molecular weight is 329 g/mol. The van der Waals surface area contributed by atoms with Gasteiger partial charge in [0, 0.05) is 10.0 Å². The van der Waals surface area contributed by atoms with Gasteiger partial charge in [0.15, 0.2) is 5.54 Å². The summed E-state index contributed by atoms with van der Waals surface area (Å²) in [6.45, 7) is 0. The molecule has 1 fully saturated rings. The third-order valence-electron chi connectivity index (χ3n) is 3.88. The van der Waals surface area contributed by atoms with Gasteiger partial charge < -0.3 is 5.32 Å². The quantitative estimate of drug-likeness (QED) is 0.730. The molecular weight excluding hydrogens is 320 g/mol. The number of hydrogen-bond donors (Lipinski definition) is 2. The van der Waals surface area contributed by atoms with Crippen LogP contribution in [-0.2, 0) is 10.3 Å². The second kappa shape index (κ2) is 3.70. The van der Waals surface area contributed by atoms with Crippen LogP contribution in [0.15, 0.2) is 46.9 Å². The number of carbonyl (C=O) groups is 2. The number of amides is 3. The van der Waals surface area contributed by atoms with Gasteiger partial charge in [0.25, 0.3) is 5.91 Å². The van der Waals surface area contributed by atoms with Crippen LogP contribution in [-0.4, -0.2) is 11.9 Å². The Labute approximate surface area is 123 Å². The summed E-state index contributed by atoms with van der Waals surface area (Å²) >= 11 is 3.43. The molecule has 1 atom stereocenters. The smallest absolute Gasteiger partial charge is 0.316 e. The molecule has 2 aromatic carbocycles. The molecule has 2 N–H and O–H groups in total. The SMILES string of the molecule is O=C1NC(=O)[C@]2(N1)c1ccccc1-c1ccc(Br)cc12. The number of hydrogen-bond acceptors (Lipinski definition) is 2. The Morgan fingerprint density at radius 1 is 0.950 bits per heavy atom. The summed E-state index contributed by atoms with van der Waals surface area (Å²) in [7, 11) is 0. The maximum Gasteiger partial charge on any atom is 0.322 e. The second-order valence-electron chi connectivity index (χ2n) is 4.89. The highest BCUT2D eigenvalue weighted by Crippen LogP contribution is 2.49. The summed E-state index contributed by atoms with van der Waals surface area (Å²) in [4.78, 5) is 24.1. The van der Waals surface area contributed by atoms with Gasteiger partial charge in [-0.1, -0.05) is 46.3 Å². The number of benzene rings is 2. The maximum absolute atomic E-state index is 12.4. The van der Waals surface area contributed by atoms with Gasteiger partial charge in [0.2, 0.25) is 0 Å². The third kappa shape index (κ3) is 1.25. The molecule has 0 aromatic heterocycles. The van der Waals surface area contributed by atoms with E-state index in [1.54, 1.807) is 0 Å². The zero-order valence-electron chi connectivity index (χ0n) is 10.2. The van der Waals surface area contributed by atoms with Crippen LogP contribution in [0.3, 0.4) is 0 Å². The summed E-state index contributed by atoms with van der Waals surface area (Å²) in [6, 6.07) is 13.0. The molecule has 0 unspecified atom stereocenters. The van der Waals surface area contributed by atoms with E-state index in [-0.39, 0.29) is 5.91 Å². The van der Waals surface area contributed by atoms with Crippen LogP contribution in [0.2, 0.25) is 0 Å². The van der Waals surface area contributed by atoms with Gasteiger partial charge in [-0.15, -0.1) is 0 Å². The Hall–Kier alpha value is -2.14.